The molecule has 1 unspecified atom stereocenters. The Labute approximate surface area is 110 Å². The average molecular weight is 273 g/mol. The van der Waals surface area contributed by atoms with Gasteiger partial charge in [-0.25, -0.2) is 4.98 Å². The van der Waals surface area contributed by atoms with Crippen molar-refractivity contribution in [3.63, 3.8) is 0 Å². The average Bonchev–Trinajstić information content (AvgIpc) is 2.86. The van der Waals surface area contributed by atoms with Gasteiger partial charge in [-0.3, -0.25) is 0 Å². The van der Waals surface area contributed by atoms with Gasteiger partial charge in [0.25, 0.3) is 0 Å². The van der Waals surface area contributed by atoms with E-state index in [1.54, 1.807) is 7.05 Å². The topological polar surface area (TPSA) is 28.2 Å². The Morgan fingerprint density at radius 2 is 2.16 bits per heavy atom. The molecule has 1 saturated heterocycles. The molecule has 3 nitrogen and oxygen atoms in total. The second-order valence-electron chi connectivity index (χ2n) is 4.86. The Kier molecular flexibility index (Phi) is 3.87. The summed E-state index contributed by atoms with van der Waals surface area (Å²) in [6.45, 7) is 3.66. The number of pyridine rings is 1. The molecule has 1 N–H and O–H groups in total. The summed E-state index contributed by atoms with van der Waals surface area (Å²) in [6.07, 6.45) is -2.27. The van der Waals surface area contributed by atoms with E-state index in [2.05, 4.69) is 17.2 Å². The van der Waals surface area contributed by atoms with Crippen LogP contribution in [0.5, 0.6) is 0 Å². The molecule has 0 spiro atoms. The second kappa shape index (κ2) is 5.27. The largest absolute Gasteiger partial charge is 0.416 e. The SMILES string of the molecule is CCC1CCN(c2cc(C(F)(F)F)cc(NC)n2)C1. The summed E-state index contributed by atoms with van der Waals surface area (Å²) < 4.78 is 38.5. The van der Waals surface area contributed by atoms with Crippen molar-refractivity contribution in [3.8, 4) is 0 Å². The van der Waals surface area contributed by atoms with E-state index >= 15 is 0 Å². The number of aromatic nitrogens is 1. The third kappa shape index (κ3) is 3.11. The van der Waals surface area contributed by atoms with E-state index < -0.39 is 11.7 Å². The minimum absolute atomic E-state index is 0.254. The zero-order chi connectivity index (χ0) is 14.0. The van der Waals surface area contributed by atoms with Gasteiger partial charge in [0.2, 0.25) is 0 Å². The number of alkyl halides is 3. The first kappa shape index (κ1) is 14.0. The number of hydrogen-bond donors (Lipinski definition) is 1. The predicted octanol–water partition coefficient (Wildman–Crippen LogP) is 3.38. The van der Waals surface area contributed by atoms with Gasteiger partial charge in [0.15, 0.2) is 0 Å². The van der Waals surface area contributed by atoms with Crippen molar-refractivity contribution >= 4 is 11.6 Å². The standard InChI is InChI=1S/C13H18F3N3/c1-3-9-4-5-19(8-9)12-7-10(13(14,15)16)6-11(17-2)18-12/h6-7,9H,3-5,8H2,1-2H3,(H,17,18). The molecule has 1 fully saturated rings. The summed E-state index contributed by atoms with van der Waals surface area (Å²) >= 11 is 0. The van der Waals surface area contributed by atoms with Gasteiger partial charge in [-0.1, -0.05) is 13.3 Å². The van der Waals surface area contributed by atoms with Crippen LogP contribution in [0.1, 0.15) is 25.3 Å². The Balaban J connectivity index is 2.30. The fraction of sp³-hybridized carbons (Fsp3) is 0.615. The minimum atomic E-state index is -4.34. The Hall–Kier alpha value is -1.46. The molecule has 1 aromatic rings. The lowest BCUT2D eigenvalue weighted by atomic mass is 10.1. The molecule has 6 heteroatoms. The van der Waals surface area contributed by atoms with E-state index in [1.807, 2.05) is 4.90 Å². The highest BCUT2D eigenvalue weighted by Crippen LogP contribution is 2.34. The molecule has 1 aromatic heterocycles. The van der Waals surface area contributed by atoms with E-state index in [-0.39, 0.29) is 5.82 Å². The molecule has 0 amide bonds. The maximum Gasteiger partial charge on any atom is 0.416 e. The predicted molar refractivity (Wildman–Crippen MR) is 69.4 cm³/mol. The highest BCUT2D eigenvalue weighted by Gasteiger charge is 2.33. The number of hydrogen-bond acceptors (Lipinski definition) is 3. The summed E-state index contributed by atoms with van der Waals surface area (Å²) in [5.74, 6) is 1.22. The first-order valence-electron chi connectivity index (χ1n) is 6.46. The van der Waals surface area contributed by atoms with Crippen LogP contribution in [0.15, 0.2) is 12.1 Å². The van der Waals surface area contributed by atoms with E-state index in [1.165, 1.54) is 0 Å². The van der Waals surface area contributed by atoms with Crippen molar-refractivity contribution in [2.75, 3.05) is 30.4 Å². The summed E-state index contributed by atoms with van der Waals surface area (Å²) in [7, 11) is 1.57. The van der Waals surface area contributed by atoms with Gasteiger partial charge in [-0.2, -0.15) is 13.2 Å². The quantitative estimate of drug-likeness (QED) is 0.915. The molecule has 1 atom stereocenters. The molecule has 0 saturated carbocycles. The fourth-order valence-corrected chi connectivity index (χ4v) is 2.34. The zero-order valence-corrected chi connectivity index (χ0v) is 11.1. The van der Waals surface area contributed by atoms with Crippen LogP contribution in [0.4, 0.5) is 24.8 Å². The normalized spacial score (nSPS) is 19.8. The first-order chi connectivity index (χ1) is 8.94. The van der Waals surface area contributed by atoms with Crippen LogP contribution in [-0.2, 0) is 6.18 Å². The van der Waals surface area contributed by atoms with E-state index in [0.717, 1.165) is 38.1 Å². The van der Waals surface area contributed by atoms with E-state index in [4.69, 9.17) is 0 Å². The summed E-state index contributed by atoms with van der Waals surface area (Å²) in [4.78, 5) is 6.17. The zero-order valence-electron chi connectivity index (χ0n) is 11.1. The van der Waals surface area contributed by atoms with Gasteiger partial charge in [0, 0.05) is 20.1 Å². The lowest BCUT2D eigenvalue weighted by Gasteiger charge is -2.20. The van der Waals surface area contributed by atoms with E-state index in [0.29, 0.717) is 11.7 Å². The highest BCUT2D eigenvalue weighted by molar-refractivity contribution is 5.51. The van der Waals surface area contributed by atoms with Crippen LogP contribution in [0, 0.1) is 5.92 Å². The number of nitrogens with one attached hydrogen (secondary N) is 1. The van der Waals surface area contributed by atoms with Gasteiger partial charge in [0.05, 0.1) is 5.56 Å². The molecule has 2 heterocycles. The molecule has 0 bridgehead atoms. The summed E-state index contributed by atoms with van der Waals surface area (Å²) in [5.41, 5.74) is -0.651. The van der Waals surface area contributed by atoms with Crippen molar-refractivity contribution in [3.05, 3.63) is 17.7 Å². The van der Waals surface area contributed by atoms with Crippen molar-refractivity contribution in [2.24, 2.45) is 5.92 Å². The Morgan fingerprint density at radius 1 is 1.42 bits per heavy atom. The number of nitrogens with zero attached hydrogens (tertiary/aromatic N) is 2. The third-order valence-corrected chi connectivity index (χ3v) is 3.58. The molecule has 106 valence electrons. The number of anilines is 2. The summed E-state index contributed by atoms with van der Waals surface area (Å²) in [5, 5.41) is 2.69. The third-order valence-electron chi connectivity index (χ3n) is 3.58. The highest BCUT2D eigenvalue weighted by atomic mass is 19.4. The van der Waals surface area contributed by atoms with Crippen LogP contribution >= 0.6 is 0 Å². The first-order valence-corrected chi connectivity index (χ1v) is 6.46. The molecule has 1 aliphatic heterocycles. The number of halogens is 3. The monoisotopic (exact) mass is 273 g/mol. The van der Waals surface area contributed by atoms with Gasteiger partial charge in [-0.05, 0) is 24.5 Å². The van der Waals surface area contributed by atoms with Crippen LogP contribution < -0.4 is 10.2 Å². The lowest BCUT2D eigenvalue weighted by Crippen LogP contribution is -2.22. The van der Waals surface area contributed by atoms with Crippen LogP contribution in [0.2, 0.25) is 0 Å². The van der Waals surface area contributed by atoms with Gasteiger partial charge in [-0.15, -0.1) is 0 Å². The van der Waals surface area contributed by atoms with Crippen LogP contribution in [0.25, 0.3) is 0 Å². The molecule has 19 heavy (non-hydrogen) atoms. The maximum absolute atomic E-state index is 12.8. The van der Waals surface area contributed by atoms with Crippen molar-refractivity contribution < 1.29 is 13.2 Å². The number of rotatable bonds is 3. The van der Waals surface area contributed by atoms with Crippen molar-refractivity contribution in [1.29, 1.82) is 0 Å². The minimum Gasteiger partial charge on any atom is -0.373 e. The smallest absolute Gasteiger partial charge is 0.373 e. The second-order valence-corrected chi connectivity index (χ2v) is 4.86. The maximum atomic E-state index is 12.8. The molecule has 2 rings (SSSR count). The fourth-order valence-electron chi connectivity index (χ4n) is 2.34. The van der Waals surface area contributed by atoms with Crippen LogP contribution in [0.3, 0.4) is 0 Å². The Morgan fingerprint density at radius 3 is 2.68 bits per heavy atom. The van der Waals surface area contributed by atoms with Gasteiger partial charge >= 0.3 is 6.18 Å². The van der Waals surface area contributed by atoms with E-state index in [9.17, 15) is 13.2 Å². The molecule has 1 aliphatic rings. The van der Waals surface area contributed by atoms with Crippen molar-refractivity contribution in [1.82, 2.24) is 4.98 Å². The molecular formula is C13H18F3N3. The molecule has 0 radical (unpaired) electrons. The van der Waals surface area contributed by atoms with Gasteiger partial charge in [0.1, 0.15) is 11.6 Å². The Bertz CT molecular complexity index is 445. The summed E-state index contributed by atoms with van der Waals surface area (Å²) in [6, 6.07) is 2.18. The lowest BCUT2D eigenvalue weighted by molar-refractivity contribution is -0.137. The van der Waals surface area contributed by atoms with Crippen LogP contribution in [-0.4, -0.2) is 25.1 Å². The molecule has 0 aliphatic carbocycles. The van der Waals surface area contributed by atoms with Crippen molar-refractivity contribution in [2.45, 2.75) is 25.9 Å². The molecule has 0 aromatic carbocycles. The molecular weight excluding hydrogens is 255 g/mol. The van der Waals surface area contributed by atoms with Gasteiger partial charge < -0.3 is 10.2 Å².